The van der Waals surface area contributed by atoms with Crippen LogP contribution in [0.5, 0.6) is 0 Å². The van der Waals surface area contributed by atoms with E-state index >= 15 is 0 Å². The molecule has 0 amide bonds. The summed E-state index contributed by atoms with van der Waals surface area (Å²) >= 11 is 0. The Kier molecular flexibility index (Phi) is 3.86. The minimum Gasteiger partial charge on any atom is -0.472 e. The van der Waals surface area contributed by atoms with E-state index in [-0.39, 0.29) is 39.8 Å². The Balaban J connectivity index is 1.48. The molecule has 5 fully saturated rings. The molecule has 5 nitrogen and oxygen atoms in total. The number of ether oxygens (including phenoxy) is 1. The van der Waals surface area contributed by atoms with Crippen molar-refractivity contribution in [3.05, 3.63) is 24.2 Å². The Labute approximate surface area is 185 Å². The second kappa shape index (κ2) is 5.78. The Morgan fingerprint density at radius 3 is 2.32 bits per heavy atom. The number of hydrogen-bond acceptors (Lipinski definition) is 5. The fourth-order valence-corrected chi connectivity index (χ4v) is 10.0. The summed E-state index contributed by atoms with van der Waals surface area (Å²) < 4.78 is 12.1. The highest BCUT2D eigenvalue weighted by Crippen LogP contribution is 2.82. The Bertz CT molecular complexity index is 896. The quantitative estimate of drug-likeness (QED) is 0.589. The average molecular weight is 431 g/mol. The summed E-state index contributed by atoms with van der Waals surface area (Å²) in [6.07, 6.45) is 6.13. The lowest BCUT2D eigenvalue weighted by Gasteiger charge is -2.70. The van der Waals surface area contributed by atoms with E-state index in [2.05, 4.69) is 40.7 Å². The SMILES string of the molecule is CC1(C)C(O)CC(O)[C@]2(C)C1CC(O)[C@]1(C)C2CC[C@@]2(C)C(c3ccoc3)CC3OC312. The third kappa shape index (κ3) is 2.01. The Morgan fingerprint density at radius 1 is 0.903 bits per heavy atom. The predicted octanol–water partition coefficient (Wildman–Crippen LogP) is 3.87. The highest BCUT2D eigenvalue weighted by atomic mass is 16.6. The molecule has 3 N–H and O–H groups in total. The van der Waals surface area contributed by atoms with Crippen LogP contribution in [0.3, 0.4) is 0 Å². The van der Waals surface area contributed by atoms with Crippen LogP contribution in [0.25, 0.3) is 0 Å². The first-order valence-corrected chi connectivity index (χ1v) is 12.2. The van der Waals surface area contributed by atoms with Crippen LogP contribution in [0, 0.1) is 33.5 Å². The highest BCUT2D eigenvalue weighted by molar-refractivity contribution is 5.39. The molecule has 31 heavy (non-hydrogen) atoms. The zero-order valence-electron chi connectivity index (χ0n) is 19.5. The summed E-state index contributed by atoms with van der Waals surface area (Å²) in [7, 11) is 0. The number of furan rings is 1. The number of hydrogen-bond donors (Lipinski definition) is 3. The van der Waals surface area contributed by atoms with Crippen molar-refractivity contribution in [2.45, 2.75) is 103 Å². The molecule has 1 aromatic rings. The van der Waals surface area contributed by atoms with E-state index in [0.29, 0.717) is 18.8 Å². The third-order valence-electron chi connectivity index (χ3n) is 11.8. The van der Waals surface area contributed by atoms with Crippen molar-refractivity contribution in [3.63, 3.8) is 0 Å². The van der Waals surface area contributed by atoms with Gasteiger partial charge in [0.1, 0.15) is 5.60 Å². The van der Waals surface area contributed by atoms with Crippen LogP contribution in [0.1, 0.15) is 78.2 Å². The molecule has 11 atom stereocenters. The lowest BCUT2D eigenvalue weighted by Crippen LogP contribution is -2.73. The zero-order valence-corrected chi connectivity index (χ0v) is 19.5. The van der Waals surface area contributed by atoms with Gasteiger partial charge in [-0.1, -0.05) is 34.6 Å². The van der Waals surface area contributed by atoms with Gasteiger partial charge >= 0.3 is 0 Å². The maximum atomic E-state index is 11.8. The maximum Gasteiger partial charge on any atom is 0.109 e. The maximum absolute atomic E-state index is 11.8. The summed E-state index contributed by atoms with van der Waals surface area (Å²) in [5.41, 5.74) is -0.293. The first-order valence-electron chi connectivity index (χ1n) is 12.2. The fraction of sp³-hybridized carbons (Fsp3) is 0.846. The van der Waals surface area contributed by atoms with Crippen molar-refractivity contribution in [1.29, 1.82) is 0 Å². The summed E-state index contributed by atoms with van der Waals surface area (Å²) in [5.74, 6) is 0.586. The normalized spacial score (nSPS) is 59.3. The van der Waals surface area contributed by atoms with Crippen LogP contribution in [-0.4, -0.2) is 45.3 Å². The standard InChI is InChI=1S/C26H38O5/c1-22(2)17-11-20(29)25(5)16(24(17,4)19(28)12-18(22)27)6-8-23(3)15(14-7-9-30-13-14)10-21-26(23,25)31-21/h7,9,13,15-21,27-29H,6,8,10-12H2,1-5H3/t15?,16?,17?,18?,19?,20?,21?,23-,24-,25-,26?/m0/s1. The van der Waals surface area contributed by atoms with Gasteiger partial charge in [0.15, 0.2) is 0 Å². The van der Waals surface area contributed by atoms with Crippen LogP contribution in [-0.2, 0) is 4.74 Å². The third-order valence-corrected chi connectivity index (χ3v) is 11.8. The molecule has 0 bridgehead atoms. The van der Waals surface area contributed by atoms with E-state index in [1.807, 2.05) is 6.26 Å². The van der Waals surface area contributed by atoms with Crippen molar-refractivity contribution in [1.82, 2.24) is 0 Å². The molecule has 0 aromatic carbocycles. The number of epoxide rings is 1. The molecule has 6 rings (SSSR count). The molecule has 1 spiro atoms. The number of rotatable bonds is 1. The lowest BCUT2D eigenvalue weighted by molar-refractivity contribution is -0.283. The topological polar surface area (TPSA) is 86.4 Å². The van der Waals surface area contributed by atoms with Gasteiger partial charge in [-0.05, 0) is 60.5 Å². The second-order valence-corrected chi connectivity index (χ2v) is 12.7. The molecular weight excluding hydrogens is 392 g/mol. The summed E-state index contributed by atoms with van der Waals surface area (Å²) in [4.78, 5) is 0. The summed E-state index contributed by atoms with van der Waals surface area (Å²) in [6, 6.07) is 2.09. The molecule has 4 saturated carbocycles. The molecule has 1 aliphatic heterocycles. The number of aliphatic hydroxyl groups is 3. The van der Waals surface area contributed by atoms with Gasteiger partial charge in [0, 0.05) is 22.7 Å². The first kappa shape index (κ1) is 20.7. The molecule has 2 heterocycles. The summed E-state index contributed by atoms with van der Waals surface area (Å²) in [6.45, 7) is 11.1. The molecule has 1 saturated heterocycles. The van der Waals surface area contributed by atoms with Crippen LogP contribution < -0.4 is 0 Å². The minimum absolute atomic E-state index is 0.0639. The average Bonchev–Trinajstić information content (AvgIpc) is 3.07. The van der Waals surface area contributed by atoms with Crippen molar-refractivity contribution in [2.75, 3.05) is 0 Å². The molecule has 5 heteroatoms. The monoisotopic (exact) mass is 430 g/mol. The van der Waals surface area contributed by atoms with Crippen LogP contribution in [0.4, 0.5) is 0 Å². The van der Waals surface area contributed by atoms with E-state index < -0.39 is 23.7 Å². The van der Waals surface area contributed by atoms with Crippen LogP contribution >= 0.6 is 0 Å². The zero-order chi connectivity index (χ0) is 22.2. The van der Waals surface area contributed by atoms with E-state index in [0.717, 1.165) is 19.3 Å². The minimum atomic E-state index is -0.568. The van der Waals surface area contributed by atoms with Gasteiger partial charge in [-0.2, -0.15) is 0 Å². The van der Waals surface area contributed by atoms with E-state index in [1.165, 1.54) is 5.56 Å². The molecule has 8 unspecified atom stereocenters. The molecular formula is C26H38O5. The van der Waals surface area contributed by atoms with Gasteiger partial charge in [-0.25, -0.2) is 0 Å². The first-order chi connectivity index (χ1) is 14.5. The lowest BCUT2D eigenvalue weighted by atomic mass is 9.35. The van der Waals surface area contributed by atoms with Gasteiger partial charge in [0.25, 0.3) is 0 Å². The molecule has 1 aromatic heterocycles. The van der Waals surface area contributed by atoms with E-state index in [1.54, 1.807) is 6.26 Å². The van der Waals surface area contributed by atoms with Crippen molar-refractivity contribution < 1.29 is 24.5 Å². The van der Waals surface area contributed by atoms with Gasteiger partial charge in [0.05, 0.1) is 36.9 Å². The number of aliphatic hydroxyl groups excluding tert-OH is 3. The van der Waals surface area contributed by atoms with Crippen LogP contribution in [0.15, 0.2) is 23.0 Å². The van der Waals surface area contributed by atoms with Crippen molar-refractivity contribution in [2.24, 2.45) is 33.5 Å². The largest absolute Gasteiger partial charge is 0.472 e. The smallest absolute Gasteiger partial charge is 0.109 e. The Hall–Kier alpha value is -0.880. The fourth-order valence-electron chi connectivity index (χ4n) is 10.0. The molecule has 172 valence electrons. The second-order valence-electron chi connectivity index (χ2n) is 12.7. The van der Waals surface area contributed by atoms with E-state index in [9.17, 15) is 15.3 Å². The Morgan fingerprint density at radius 2 is 1.65 bits per heavy atom. The van der Waals surface area contributed by atoms with Crippen molar-refractivity contribution in [3.8, 4) is 0 Å². The van der Waals surface area contributed by atoms with Gasteiger partial charge in [-0.3, -0.25) is 0 Å². The van der Waals surface area contributed by atoms with Crippen molar-refractivity contribution >= 4 is 0 Å². The highest BCUT2D eigenvalue weighted by Gasteiger charge is 2.87. The molecule has 4 aliphatic carbocycles. The van der Waals surface area contributed by atoms with Crippen LogP contribution in [0.2, 0.25) is 0 Å². The van der Waals surface area contributed by atoms with Gasteiger partial charge in [-0.15, -0.1) is 0 Å². The van der Waals surface area contributed by atoms with E-state index in [4.69, 9.17) is 9.15 Å². The molecule has 5 aliphatic rings. The van der Waals surface area contributed by atoms with Gasteiger partial charge in [0.2, 0.25) is 0 Å². The molecule has 0 radical (unpaired) electrons. The predicted molar refractivity (Wildman–Crippen MR) is 115 cm³/mol. The van der Waals surface area contributed by atoms with Gasteiger partial charge < -0.3 is 24.5 Å². The summed E-state index contributed by atoms with van der Waals surface area (Å²) in [5, 5.41) is 34.1. The number of fused-ring (bicyclic) bond motifs is 3.